The van der Waals surface area contributed by atoms with Gasteiger partial charge in [0.15, 0.2) is 0 Å². The molecule has 0 saturated carbocycles. The minimum Gasteiger partial charge on any atom is -0.497 e. The topological polar surface area (TPSA) is 58.6 Å². The SMILES string of the molecule is CCCNC(=O)C(CC)N(Cc1ccc(OC)cc1)C(=O)Cc1cc(C)cc(C)c1. The zero-order chi connectivity index (χ0) is 22.1. The van der Waals surface area contributed by atoms with Crippen LogP contribution in [0.25, 0.3) is 0 Å². The van der Waals surface area contributed by atoms with Crippen LogP contribution in [-0.2, 0) is 22.6 Å². The fourth-order valence-corrected chi connectivity index (χ4v) is 3.66. The molecule has 162 valence electrons. The van der Waals surface area contributed by atoms with Crippen LogP contribution in [0, 0.1) is 13.8 Å². The molecule has 0 fully saturated rings. The van der Waals surface area contributed by atoms with Crippen LogP contribution in [0.2, 0.25) is 0 Å². The van der Waals surface area contributed by atoms with E-state index in [0.717, 1.165) is 34.4 Å². The Bertz CT molecular complexity index is 826. The summed E-state index contributed by atoms with van der Waals surface area (Å²) in [6, 6.07) is 13.3. The van der Waals surface area contributed by atoms with Gasteiger partial charge in [-0.2, -0.15) is 0 Å². The van der Waals surface area contributed by atoms with Gasteiger partial charge < -0.3 is 15.0 Å². The van der Waals surface area contributed by atoms with E-state index < -0.39 is 6.04 Å². The Balaban J connectivity index is 2.29. The summed E-state index contributed by atoms with van der Waals surface area (Å²) >= 11 is 0. The zero-order valence-electron chi connectivity index (χ0n) is 18.8. The first-order valence-corrected chi connectivity index (χ1v) is 10.6. The molecule has 0 bridgehead atoms. The molecule has 2 aromatic carbocycles. The molecule has 0 saturated heterocycles. The third kappa shape index (κ3) is 6.61. The lowest BCUT2D eigenvalue weighted by Crippen LogP contribution is -2.49. The quantitative estimate of drug-likeness (QED) is 0.639. The van der Waals surface area contributed by atoms with Crippen molar-refractivity contribution in [3.05, 3.63) is 64.7 Å². The molecule has 0 aliphatic carbocycles. The second kappa shape index (κ2) is 11.4. The molecular weight excluding hydrogens is 376 g/mol. The summed E-state index contributed by atoms with van der Waals surface area (Å²) in [6.07, 6.45) is 1.69. The second-order valence-electron chi connectivity index (χ2n) is 7.76. The molecule has 0 radical (unpaired) electrons. The molecule has 2 aromatic rings. The fourth-order valence-electron chi connectivity index (χ4n) is 3.66. The molecule has 0 heterocycles. The van der Waals surface area contributed by atoms with Gasteiger partial charge in [0.05, 0.1) is 13.5 Å². The minimum absolute atomic E-state index is 0.0469. The highest BCUT2D eigenvalue weighted by Crippen LogP contribution is 2.18. The molecule has 30 heavy (non-hydrogen) atoms. The van der Waals surface area contributed by atoms with Gasteiger partial charge in [0.2, 0.25) is 11.8 Å². The third-order valence-corrected chi connectivity index (χ3v) is 5.08. The summed E-state index contributed by atoms with van der Waals surface area (Å²) in [7, 11) is 1.62. The van der Waals surface area contributed by atoms with Crippen molar-refractivity contribution in [1.29, 1.82) is 0 Å². The Hall–Kier alpha value is -2.82. The van der Waals surface area contributed by atoms with E-state index in [0.29, 0.717) is 19.5 Å². The van der Waals surface area contributed by atoms with Crippen LogP contribution in [0.3, 0.4) is 0 Å². The molecule has 0 aliphatic rings. The van der Waals surface area contributed by atoms with E-state index in [-0.39, 0.29) is 18.2 Å². The predicted molar refractivity (Wildman–Crippen MR) is 121 cm³/mol. The molecule has 1 atom stereocenters. The number of aryl methyl sites for hydroxylation is 2. The number of hydrogen-bond donors (Lipinski definition) is 1. The van der Waals surface area contributed by atoms with E-state index in [2.05, 4.69) is 11.4 Å². The summed E-state index contributed by atoms with van der Waals surface area (Å²) in [5.41, 5.74) is 4.20. The number of rotatable bonds is 10. The maximum absolute atomic E-state index is 13.4. The molecule has 2 rings (SSSR count). The monoisotopic (exact) mass is 410 g/mol. The average Bonchev–Trinajstić information content (AvgIpc) is 2.71. The Morgan fingerprint density at radius 1 is 1.00 bits per heavy atom. The second-order valence-corrected chi connectivity index (χ2v) is 7.76. The van der Waals surface area contributed by atoms with E-state index in [1.54, 1.807) is 12.0 Å². The summed E-state index contributed by atoms with van der Waals surface area (Å²) < 4.78 is 5.23. The van der Waals surface area contributed by atoms with Gasteiger partial charge in [0.25, 0.3) is 0 Å². The largest absolute Gasteiger partial charge is 0.497 e. The Morgan fingerprint density at radius 2 is 1.63 bits per heavy atom. The standard InChI is InChI=1S/C25H34N2O3/c1-6-12-26-25(29)23(7-2)27(17-20-8-10-22(30-5)11-9-20)24(28)16-21-14-18(3)13-19(4)15-21/h8-11,13-15,23H,6-7,12,16-17H2,1-5H3,(H,26,29). The summed E-state index contributed by atoms with van der Waals surface area (Å²) in [5.74, 6) is 0.621. The first-order chi connectivity index (χ1) is 14.4. The lowest BCUT2D eigenvalue weighted by molar-refractivity contribution is -0.140. The summed E-state index contributed by atoms with van der Waals surface area (Å²) in [6.45, 7) is 9.01. The number of methoxy groups -OCH3 is 1. The van der Waals surface area contributed by atoms with E-state index >= 15 is 0 Å². The summed E-state index contributed by atoms with van der Waals surface area (Å²) in [5, 5.41) is 2.95. The number of amides is 2. The summed E-state index contributed by atoms with van der Waals surface area (Å²) in [4.78, 5) is 27.9. The van der Waals surface area contributed by atoms with E-state index in [1.165, 1.54) is 0 Å². The maximum Gasteiger partial charge on any atom is 0.242 e. The Labute approximate surface area is 180 Å². The van der Waals surface area contributed by atoms with Crippen LogP contribution >= 0.6 is 0 Å². The normalized spacial score (nSPS) is 11.6. The van der Waals surface area contributed by atoms with Crippen molar-refractivity contribution in [2.45, 2.75) is 59.5 Å². The molecule has 2 amide bonds. The van der Waals surface area contributed by atoms with Gasteiger partial charge in [0, 0.05) is 13.1 Å². The first-order valence-electron chi connectivity index (χ1n) is 10.6. The van der Waals surface area contributed by atoms with Gasteiger partial charge >= 0.3 is 0 Å². The highest BCUT2D eigenvalue weighted by Gasteiger charge is 2.28. The highest BCUT2D eigenvalue weighted by atomic mass is 16.5. The molecule has 0 aromatic heterocycles. The number of nitrogens with one attached hydrogen (secondary N) is 1. The molecular formula is C25H34N2O3. The van der Waals surface area contributed by atoms with Crippen LogP contribution in [0.15, 0.2) is 42.5 Å². The predicted octanol–water partition coefficient (Wildman–Crippen LogP) is 4.19. The zero-order valence-corrected chi connectivity index (χ0v) is 18.8. The van der Waals surface area contributed by atoms with Crippen molar-refractivity contribution >= 4 is 11.8 Å². The van der Waals surface area contributed by atoms with Crippen molar-refractivity contribution in [1.82, 2.24) is 10.2 Å². The lowest BCUT2D eigenvalue weighted by atomic mass is 10.0. The molecule has 5 nitrogen and oxygen atoms in total. The number of carbonyl (C=O) groups is 2. The van der Waals surface area contributed by atoms with Crippen molar-refractivity contribution in [3.8, 4) is 5.75 Å². The molecule has 1 N–H and O–H groups in total. The number of nitrogens with zero attached hydrogens (tertiary/aromatic N) is 1. The smallest absolute Gasteiger partial charge is 0.242 e. The van der Waals surface area contributed by atoms with Crippen LogP contribution in [0.1, 0.15) is 48.9 Å². The highest BCUT2D eigenvalue weighted by molar-refractivity contribution is 5.88. The van der Waals surface area contributed by atoms with Crippen LogP contribution in [0.5, 0.6) is 5.75 Å². The third-order valence-electron chi connectivity index (χ3n) is 5.08. The van der Waals surface area contributed by atoms with Gasteiger partial charge in [-0.15, -0.1) is 0 Å². The maximum atomic E-state index is 13.4. The van der Waals surface area contributed by atoms with Gasteiger partial charge in [-0.05, 0) is 49.9 Å². The first kappa shape index (κ1) is 23.5. The van der Waals surface area contributed by atoms with Crippen molar-refractivity contribution in [3.63, 3.8) is 0 Å². The number of hydrogen-bond acceptors (Lipinski definition) is 3. The lowest BCUT2D eigenvalue weighted by Gasteiger charge is -2.31. The molecule has 5 heteroatoms. The number of ether oxygens (including phenoxy) is 1. The number of benzene rings is 2. The Morgan fingerprint density at radius 3 is 2.17 bits per heavy atom. The average molecular weight is 411 g/mol. The van der Waals surface area contributed by atoms with Crippen LogP contribution in [0.4, 0.5) is 0 Å². The van der Waals surface area contributed by atoms with Gasteiger partial charge in [-0.1, -0.05) is 55.3 Å². The van der Waals surface area contributed by atoms with Crippen LogP contribution in [-0.4, -0.2) is 36.4 Å². The minimum atomic E-state index is -0.503. The van der Waals surface area contributed by atoms with E-state index in [9.17, 15) is 9.59 Å². The number of carbonyl (C=O) groups excluding carboxylic acids is 2. The molecule has 0 aliphatic heterocycles. The van der Waals surface area contributed by atoms with Crippen molar-refractivity contribution in [2.24, 2.45) is 0 Å². The van der Waals surface area contributed by atoms with Crippen molar-refractivity contribution in [2.75, 3.05) is 13.7 Å². The van der Waals surface area contributed by atoms with Gasteiger partial charge in [0.1, 0.15) is 11.8 Å². The van der Waals surface area contributed by atoms with E-state index in [4.69, 9.17) is 4.74 Å². The van der Waals surface area contributed by atoms with Gasteiger partial charge in [-0.3, -0.25) is 9.59 Å². The molecule has 1 unspecified atom stereocenters. The Kier molecular flexibility index (Phi) is 8.90. The van der Waals surface area contributed by atoms with Crippen LogP contribution < -0.4 is 10.1 Å². The molecule has 0 spiro atoms. The van der Waals surface area contributed by atoms with Gasteiger partial charge in [-0.25, -0.2) is 0 Å². The van der Waals surface area contributed by atoms with E-state index in [1.807, 2.05) is 64.1 Å². The van der Waals surface area contributed by atoms with Crippen molar-refractivity contribution < 1.29 is 14.3 Å². The fraction of sp³-hybridized carbons (Fsp3) is 0.440.